The minimum Gasteiger partial charge on any atom is -0.262 e. The van der Waals surface area contributed by atoms with Gasteiger partial charge in [0.1, 0.15) is 0 Å². The van der Waals surface area contributed by atoms with Gasteiger partial charge in [-0.2, -0.15) is 0 Å². The highest BCUT2D eigenvalue weighted by Gasteiger charge is 2.56. The zero-order valence-corrected chi connectivity index (χ0v) is 13.3. The predicted octanol–water partition coefficient (Wildman–Crippen LogP) is 2.99. The summed E-state index contributed by atoms with van der Waals surface area (Å²) >= 11 is 0. The molecule has 122 valence electrons. The van der Waals surface area contributed by atoms with Crippen LogP contribution in [0.1, 0.15) is 12.1 Å². The van der Waals surface area contributed by atoms with E-state index in [-0.39, 0.29) is 17.9 Å². The molecule has 1 heterocycles. The second-order valence-electron chi connectivity index (χ2n) is 5.73. The van der Waals surface area contributed by atoms with Crippen LogP contribution in [-0.2, 0) is 10.0 Å². The number of alkyl halides is 2. The molecule has 1 aliphatic rings. The van der Waals surface area contributed by atoms with Crippen molar-refractivity contribution in [3.63, 3.8) is 0 Å². The topological polar surface area (TPSA) is 59.1 Å². The number of hydrogen-bond donors (Lipinski definition) is 1. The van der Waals surface area contributed by atoms with Crippen LogP contribution in [0.4, 0.5) is 8.78 Å². The van der Waals surface area contributed by atoms with E-state index in [1.165, 1.54) is 12.1 Å². The Morgan fingerprint density at radius 2 is 1.96 bits per heavy atom. The van der Waals surface area contributed by atoms with Crippen molar-refractivity contribution in [3.8, 4) is 11.1 Å². The van der Waals surface area contributed by atoms with E-state index in [0.29, 0.717) is 0 Å². The molecule has 1 aliphatic carbocycles. The molecule has 1 aromatic heterocycles. The van der Waals surface area contributed by atoms with E-state index < -0.39 is 21.9 Å². The standard InChI is InChI=1S/C16H16F2N2O2S/c1-11-7-13(5-6-19-11)12-3-2-4-15(8-12)23(21,22)20-10-14-9-16(14,17)18/h2-8,14,20H,9-10H2,1H3. The third kappa shape index (κ3) is 3.56. The second-order valence-corrected chi connectivity index (χ2v) is 7.49. The number of nitrogens with zero attached hydrogens (tertiary/aromatic N) is 1. The summed E-state index contributed by atoms with van der Waals surface area (Å²) in [5.41, 5.74) is 2.41. The summed E-state index contributed by atoms with van der Waals surface area (Å²) in [5.74, 6) is -3.64. The molecular weight excluding hydrogens is 322 g/mol. The number of benzene rings is 1. The quantitative estimate of drug-likeness (QED) is 0.912. The summed E-state index contributed by atoms with van der Waals surface area (Å²) in [6.45, 7) is 1.61. The molecule has 2 aromatic rings. The first-order valence-electron chi connectivity index (χ1n) is 7.18. The molecule has 4 nitrogen and oxygen atoms in total. The van der Waals surface area contributed by atoms with Gasteiger partial charge in [-0.05, 0) is 42.3 Å². The molecule has 1 unspecified atom stereocenters. The average Bonchev–Trinajstić information content (AvgIpc) is 3.13. The van der Waals surface area contributed by atoms with Crippen molar-refractivity contribution < 1.29 is 17.2 Å². The van der Waals surface area contributed by atoms with Crippen molar-refractivity contribution in [2.45, 2.75) is 24.2 Å². The van der Waals surface area contributed by atoms with Gasteiger partial charge in [-0.3, -0.25) is 4.98 Å². The van der Waals surface area contributed by atoms with Gasteiger partial charge in [-0.25, -0.2) is 21.9 Å². The van der Waals surface area contributed by atoms with Crippen LogP contribution in [0, 0.1) is 12.8 Å². The smallest absolute Gasteiger partial charge is 0.252 e. The van der Waals surface area contributed by atoms with Gasteiger partial charge in [-0.15, -0.1) is 0 Å². The fourth-order valence-electron chi connectivity index (χ4n) is 2.35. The molecule has 0 bridgehead atoms. The van der Waals surface area contributed by atoms with Crippen LogP contribution >= 0.6 is 0 Å². The molecule has 1 saturated carbocycles. The second kappa shape index (κ2) is 5.65. The Morgan fingerprint density at radius 1 is 1.26 bits per heavy atom. The first kappa shape index (κ1) is 16.0. The highest BCUT2D eigenvalue weighted by molar-refractivity contribution is 7.89. The van der Waals surface area contributed by atoms with Crippen molar-refractivity contribution in [2.24, 2.45) is 5.92 Å². The lowest BCUT2D eigenvalue weighted by atomic mass is 10.1. The number of halogens is 2. The Bertz CT molecular complexity index is 837. The van der Waals surface area contributed by atoms with Crippen LogP contribution in [-0.4, -0.2) is 25.9 Å². The number of sulfonamides is 1. The monoisotopic (exact) mass is 338 g/mol. The Kier molecular flexibility index (Phi) is 3.93. The number of rotatable bonds is 5. The van der Waals surface area contributed by atoms with Gasteiger partial charge < -0.3 is 0 Å². The van der Waals surface area contributed by atoms with Crippen molar-refractivity contribution in [2.75, 3.05) is 6.54 Å². The summed E-state index contributed by atoms with van der Waals surface area (Å²) in [6.07, 6.45) is 1.39. The lowest BCUT2D eigenvalue weighted by Crippen LogP contribution is -2.27. The molecule has 1 fully saturated rings. The number of aromatic nitrogens is 1. The Morgan fingerprint density at radius 3 is 2.61 bits per heavy atom. The Hall–Kier alpha value is -1.86. The van der Waals surface area contributed by atoms with E-state index in [1.807, 2.05) is 13.0 Å². The molecule has 1 aromatic carbocycles. The molecule has 7 heteroatoms. The van der Waals surface area contributed by atoms with Crippen molar-refractivity contribution >= 4 is 10.0 Å². The van der Waals surface area contributed by atoms with E-state index in [1.54, 1.807) is 24.4 Å². The lowest BCUT2D eigenvalue weighted by molar-refractivity contribution is 0.0998. The third-order valence-electron chi connectivity index (χ3n) is 3.85. The largest absolute Gasteiger partial charge is 0.262 e. The maximum absolute atomic E-state index is 12.9. The summed E-state index contributed by atoms with van der Waals surface area (Å²) in [5, 5.41) is 0. The van der Waals surface area contributed by atoms with Gasteiger partial charge in [-0.1, -0.05) is 12.1 Å². The SMILES string of the molecule is Cc1cc(-c2cccc(S(=O)(=O)NCC3CC3(F)F)c2)ccn1. The van der Waals surface area contributed by atoms with Crippen LogP contribution in [0.3, 0.4) is 0 Å². The molecule has 1 N–H and O–H groups in total. The van der Waals surface area contributed by atoms with Crippen LogP contribution in [0.15, 0.2) is 47.5 Å². The van der Waals surface area contributed by atoms with E-state index in [2.05, 4.69) is 9.71 Å². The summed E-state index contributed by atoms with van der Waals surface area (Å²) in [6, 6.07) is 10.0. The number of nitrogens with one attached hydrogen (secondary N) is 1. The molecular formula is C16H16F2N2O2S. The van der Waals surface area contributed by atoms with E-state index in [4.69, 9.17) is 0 Å². The summed E-state index contributed by atoms with van der Waals surface area (Å²) < 4.78 is 52.5. The van der Waals surface area contributed by atoms with Crippen molar-refractivity contribution in [1.82, 2.24) is 9.71 Å². The van der Waals surface area contributed by atoms with E-state index in [0.717, 1.165) is 16.8 Å². The van der Waals surface area contributed by atoms with Gasteiger partial charge in [0.05, 0.1) is 4.90 Å². The zero-order chi connectivity index (χ0) is 16.7. The first-order chi connectivity index (χ1) is 10.8. The molecule has 3 rings (SSSR count). The molecule has 0 saturated heterocycles. The number of hydrogen-bond acceptors (Lipinski definition) is 3. The number of pyridine rings is 1. The number of aryl methyl sites for hydroxylation is 1. The normalized spacial score (nSPS) is 19.5. The maximum Gasteiger partial charge on any atom is 0.252 e. The van der Waals surface area contributed by atoms with Crippen LogP contribution in [0.2, 0.25) is 0 Å². The molecule has 0 spiro atoms. The molecule has 0 aliphatic heterocycles. The van der Waals surface area contributed by atoms with Gasteiger partial charge >= 0.3 is 0 Å². The molecule has 0 radical (unpaired) electrons. The fourth-order valence-corrected chi connectivity index (χ4v) is 3.48. The van der Waals surface area contributed by atoms with E-state index in [9.17, 15) is 17.2 Å². The van der Waals surface area contributed by atoms with Gasteiger partial charge in [0.2, 0.25) is 10.0 Å². The lowest BCUT2D eigenvalue weighted by Gasteiger charge is -2.09. The fraction of sp³-hybridized carbons (Fsp3) is 0.312. The minimum absolute atomic E-state index is 0.0634. The van der Waals surface area contributed by atoms with Gasteiger partial charge in [0.25, 0.3) is 5.92 Å². The van der Waals surface area contributed by atoms with E-state index >= 15 is 0 Å². The van der Waals surface area contributed by atoms with Gasteiger partial charge in [0, 0.05) is 30.8 Å². The Balaban J connectivity index is 1.81. The Labute approximate surface area is 133 Å². The first-order valence-corrected chi connectivity index (χ1v) is 8.67. The van der Waals surface area contributed by atoms with Crippen LogP contribution in [0.25, 0.3) is 11.1 Å². The third-order valence-corrected chi connectivity index (χ3v) is 5.27. The average molecular weight is 338 g/mol. The molecule has 0 amide bonds. The summed E-state index contributed by atoms with van der Waals surface area (Å²) in [7, 11) is -3.81. The van der Waals surface area contributed by atoms with Crippen molar-refractivity contribution in [3.05, 3.63) is 48.3 Å². The highest BCUT2D eigenvalue weighted by Crippen LogP contribution is 2.48. The van der Waals surface area contributed by atoms with Crippen molar-refractivity contribution in [1.29, 1.82) is 0 Å². The maximum atomic E-state index is 12.9. The van der Waals surface area contributed by atoms with Crippen LogP contribution in [0.5, 0.6) is 0 Å². The molecule has 23 heavy (non-hydrogen) atoms. The summed E-state index contributed by atoms with van der Waals surface area (Å²) in [4.78, 5) is 4.17. The minimum atomic E-state index is -3.81. The van der Waals surface area contributed by atoms with Gasteiger partial charge in [0.15, 0.2) is 0 Å². The molecule has 1 atom stereocenters. The zero-order valence-electron chi connectivity index (χ0n) is 12.5. The highest BCUT2D eigenvalue weighted by atomic mass is 32.2. The van der Waals surface area contributed by atoms with Crippen LogP contribution < -0.4 is 4.72 Å². The predicted molar refractivity (Wildman–Crippen MR) is 82.7 cm³/mol.